The molecule has 1 aromatic rings. The molecule has 0 unspecified atom stereocenters. The van der Waals surface area contributed by atoms with E-state index in [4.69, 9.17) is 22.9 Å². The number of amides is 9. The average molecular weight is 1320 g/mol. The van der Waals surface area contributed by atoms with Gasteiger partial charge in [0.15, 0.2) is 0 Å². The zero-order chi connectivity index (χ0) is 69.5. The summed E-state index contributed by atoms with van der Waals surface area (Å²) in [5.74, 6) is -9.75. The molecule has 0 aliphatic heterocycles. The molecule has 1 rings (SSSR count). The number of carbonyl (C=O) groups is 10. The molecule has 0 spiro atoms. The third kappa shape index (κ3) is 33.1. The van der Waals surface area contributed by atoms with Crippen molar-refractivity contribution in [1.82, 2.24) is 47.9 Å². The number of carboxylic acid groups (broad SMARTS) is 1. The minimum Gasteiger partial charge on any atom is -0.480 e. The third-order valence-corrected chi connectivity index (χ3v) is 15.8. The first-order chi connectivity index (χ1) is 43.5. The van der Waals surface area contributed by atoms with Crippen molar-refractivity contribution < 1.29 is 68.4 Å². The number of nitrogen functional groups attached to an aromatic ring is 1. The number of aliphatic carboxylic acids is 1. The molecule has 27 nitrogen and oxygen atoms in total. The fraction of sp³-hybridized carbons (Fsp3) is 0.656. The number of rotatable bonds is 47. The van der Waals surface area contributed by atoms with Gasteiger partial charge in [0, 0.05) is 17.2 Å². The fourth-order valence-corrected chi connectivity index (χ4v) is 10.3. The van der Waals surface area contributed by atoms with Crippen LogP contribution in [0.5, 0.6) is 0 Å². The van der Waals surface area contributed by atoms with Crippen LogP contribution in [0.3, 0.4) is 0 Å². The van der Waals surface area contributed by atoms with Gasteiger partial charge in [-0.2, -0.15) is 11.8 Å². The number of carbonyl (C=O) groups excluding carboxylic acids is 9. The first-order valence-electron chi connectivity index (χ1n) is 31.9. The summed E-state index contributed by atoms with van der Waals surface area (Å²) in [7, 11) is 0. The Morgan fingerprint density at radius 2 is 0.913 bits per heavy atom. The van der Waals surface area contributed by atoms with Gasteiger partial charge < -0.3 is 91.2 Å². The van der Waals surface area contributed by atoms with Crippen molar-refractivity contribution >= 4 is 76.6 Å². The van der Waals surface area contributed by atoms with E-state index in [1.54, 1.807) is 39.8 Å². The van der Waals surface area contributed by atoms with Gasteiger partial charge in [0.2, 0.25) is 47.3 Å². The first kappa shape index (κ1) is 83.1. The number of hydrogen-bond acceptors (Lipinski definition) is 18. The van der Waals surface area contributed by atoms with Crippen molar-refractivity contribution in [2.75, 3.05) is 50.1 Å². The molecule has 9 amide bonds. The SMILES string of the molecule is CC(C)=CCC/C(C)=C/CC/C(C)=C/CSC[C@H](NC(=O)[C@H](CCCCN)NC(=O)[C@@H](NC(=O)[C@H](CCCCN)NC(=O)[C@H](CO)NC(=O)[C@H](CCCCN)NC(=O)c1ccccc1N)[C@@H](C)O)C(=O)N[C@H](C(=O)N[C@@H](CC(C)C)C(=O)N[C@@H](CO)C(=O)O)C(C)C. The van der Waals surface area contributed by atoms with Gasteiger partial charge >= 0.3 is 5.97 Å². The molecule has 0 saturated carbocycles. The fourth-order valence-electron chi connectivity index (χ4n) is 9.28. The van der Waals surface area contributed by atoms with E-state index in [9.17, 15) is 68.4 Å². The predicted molar refractivity (Wildman–Crippen MR) is 357 cm³/mol. The summed E-state index contributed by atoms with van der Waals surface area (Å²) >= 11 is 1.30. The summed E-state index contributed by atoms with van der Waals surface area (Å²) in [5, 5.41) is 63.6. The number of thioether (sulfide) groups is 1. The van der Waals surface area contributed by atoms with Crippen LogP contribution in [-0.2, 0) is 43.2 Å². The number of aliphatic hydroxyl groups excluding tert-OH is 3. The monoisotopic (exact) mass is 1320 g/mol. The molecule has 0 radical (unpaired) electrons. The van der Waals surface area contributed by atoms with E-state index in [2.05, 4.69) is 80.8 Å². The summed E-state index contributed by atoms with van der Waals surface area (Å²) < 4.78 is 0. The van der Waals surface area contributed by atoms with Crippen molar-refractivity contribution in [1.29, 1.82) is 0 Å². The Kier molecular flexibility index (Phi) is 41.7. The number of nitrogens with two attached hydrogens (primary N) is 4. The van der Waals surface area contributed by atoms with Crippen LogP contribution < -0.4 is 70.8 Å². The van der Waals surface area contributed by atoms with E-state index in [1.807, 2.05) is 13.0 Å². The van der Waals surface area contributed by atoms with Crippen LogP contribution in [0.2, 0.25) is 0 Å². The van der Waals surface area contributed by atoms with Crippen LogP contribution in [0.1, 0.15) is 163 Å². The lowest BCUT2D eigenvalue weighted by Crippen LogP contribution is -2.62. The topological polar surface area (TPSA) is 464 Å². The molecule has 0 aliphatic rings. The van der Waals surface area contributed by atoms with E-state index in [1.165, 1.54) is 42.0 Å². The second-order valence-corrected chi connectivity index (χ2v) is 25.2. The number of benzene rings is 1. The molecule has 0 fully saturated rings. The predicted octanol–water partition coefficient (Wildman–Crippen LogP) is 0.937. The Morgan fingerprint density at radius 3 is 1.40 bits per heavy atom. The Morgan fingerprint density at radius 1 is 0.500 bits per heavy atom. The maximum Gasteiger partial charge on any atom is 0.328 e. The molecule has 21 N–H and O–H groups in total. The largest absolute Gasteiger partial charge is 0.480 e. The van der Waals surface area contributed by atoms with E-state index < -0.39 is 139 Å². The van der Waals surface area contributed by atoms with Gasteiger partial charge in [0.1, 0.15) is 54.4 Å². The number of allylic oxidation sites excluding steroid dienone is 5. The Labute approximate surface area is 547 Å². The van der Waals surface area contributed by atoms with Crippen LogP contribution >= 0.6 is 11.8 Å². The molecule has 0 saturated heterocycles. The van der Waals surface area contributed by atoms with Crippen LogP contribution in [-0.4, -0.2) is 184 Å². The molecule has 520 valence electrons. The van der Waals surface area contributed by atoms with Crippen molar-refractivity contribution in [3.63, 3.8) is 0 Å². The summed E-state index contributed by atoms with van der Waals surface area (Å²) in [5.41, 5.74) is 27.2. The Hall–Kier alpha value is -6.95. The van der Waals surface area contributed by atoms with E-state index in [-0.39, 0.29) is 74.5 Å². The number of hydrogen-bond donors (Lipinski definition) is 17. The molecule has 28 heteroatoms. The highest BCUT2D eigenvalue weighted by molar-refractivity contribution is 7.99. The van der Waals surface area contributed by atoms with Gasteiger partial charge in [-0.1, -0.05) is 74.8 Å². The van der Waals surface area contributed by atoms with E-state index in [0.717, 1.165) is 31.3 Å². The van der Waals surface area contributed by atoms with Crippen molar-refractivity contribution in [3.8, 4) is 0 Å². The van der Waals surface area contributed by atoms with Crippen molar-refractivity contribution in [2.45, 2.75) is 213 Å². The lowest BCUT2D eigenvalue weighted by molar-refractivity contribution is -0.143. The van der Waals surface area contributed by atoms with Crippen LogP contribution in [0, 0.1) is 11.8 Å². The van der Waals surface area contributed by atoms with E-state index in [0.29, 0.717) is 38.0 Å². The minimum absolute atomic E-state index is 0.0409. The number of unbranched alkanes of at least 4 members (excludes halogenated alkanes) is 3. The lowest BCUT2D eigenvalue weighted by Gasteiger charge is -2.29. The second-order valence-electron chi connectivity index (χ2n) is 24.1. The summed E-state index contributed by atoms with van der Waals surface area (Å²) in [6.45, 7) is 15.1. The standard InChI is InChI=1S/C64H109N13O14S/c1-38(2)20-18-21-41(7)22-19-23-42(8)29-33-92-37-52(61(87)76-53(40(5)6)62(88)72-49(34-39(3)4)59(85)74-51(36-79)64(90)91)75-57(83)47(27-13-16-31-66)71-63(89)54(43(9)80)77-58(84)48(28-14-17-32-67)70-60(86)50(35-78)73-56(82)46(26-12-15-30-65)69-55(81)44-24-10-11-25-45(44)68/h10-11,20,22,24-25,29,39-40,43,46-54,78-80H,12-19,21,23,26-28,30-37,65-68H2,1-9H3,(H,69,81)(H,70,86)(H,71,89)(H,72,88)(H,73,82)(H,74,85)(H,75,83)(H,76,87)(H,77,84)(H,90,91)/b41-22+,42-29+/t43-,46+,47+,48+,49+,50+,51+,52+,53+,54+/m1/s1. The van der Waals surface area contributed by atoms with Gasteiger partial charge in [-0.3, -0.25) is 43.2 Å². The second kappa shape index (κ2) is 46.2. The molecular weight excluding hydrogens is 1210 g/mol. The first-order valence-corrected chi connectivity index (χ1v) is 33.0. The normalized spacial score (nSPS) is 15.0. The summed E-state index contributed by atoms with van der Waals surface area (Å²) in [6, 6.07) is -6.86. The molecule has 0 bridgehead atoms. The van der Waals surface area contributed by atoms with Crippen LogP contribution in [0.15, 0.2) is 59.2 Å². The van der Waals surface area contributed by atoms with Gasteiger partial charge in [0.05, 0.1) is 24.9 Å². The lowest BCUT2D eigenvalue weighted by atomic mass is 9.99. The van der Waals surface area contributed by atoms with Gasteiger partial charge in [0.25, 0.3) is 5.91 Å². The molecule has 10 atom stereocenters. The highest BCUT2D eigenvalue weighted by Gasteiger charge is 2.37. The van der Waals surface area contributed by atoms with Crippen molar-refractivity contribution in [2.24, 2.45) is 29.0 Å². The molecule has 0 heterocycles. The molecule has 0 aliphatic carbocycles. The molecular formula is C64H109N13O14S. The quantitative estimate of drug-likeness (QED) is 0.0245. The van der Waals surface area contributed by atoms with Gasteiger partial charge in [-0.15, -0.1) is 0 Å². The number of anilines is 1. The van der Waals surface area contributed by atoms with Gasteiger partial charge in [-0.05, 0) is 168 Å². The summed E-state index contributed by atoms with van der Waals surface area (Å²) in [6.07, 6.45) is 10.6. The smallest absolute Gasteiger partial charge is 0.328 e. The van der Waals surface area contributed by atoms with Crippen LogP contribution in [0.25, 0.3) is 0 Å². The minimum atomic E-state index is -1.76. The molecule has 0 aromatic heterocycles. The average Bonchev–Trinajstić information content (AvgIpc) is 1.42. The Bertz CT molecular complexity index is 2600. The highest BCUT2D eigenvalue weighted by atomic mass is 32.2. The molecule has 1 aromatic carbocycles. The Balaban J connectivity index is 3.64. The number of aliphatic hydroxyl groups is 3. The zero-order valence-corrected chi connectivity index (χ0v) is 56.2. The van der Waals surface area contributed by atoms with Gasteiger partial charge in [-0.25, -0.2) is 4.79 Å². The summed E-state index contributed by atoms with van der Waals surface area (Å²) in [4.78, 5) is 138. The van der Waals surface area contributed by atoms with E-state index >= 15 is 0 Å². The van der Waals surface area contributed by atoms with Crippen molar-refractivity contribution in [3.05, 3.63) is 64.8 Å². The number of para-hydroxylation sites is 1. The maximum atomic E-state index is 14.6. The zero-order valence-electron chi connectivity index (χ0n) is 55.4. The molecule has 92 heavy (non-hydrogen) atoms. The maximum absolute atomic E-state index is 14.6. The number of nitrogens with one attached hydrogen (secondary N) is 9. The highest BCUT2D eigenvalue weighted by Crippen LogP contribution is 2.17. The van der Waals surface area contributed by atoms with Crippen LogP contribution in [0.4, 0.5) is 5.69 Å². The number of carboxylic acids is 1. The third-order valence-electron chi connectivity index (χ3n) is 14.8.